The molecule has 4 heteroatoms. The number of aryl methyl sites for hydroxylation is 1. The topological polar surface area (TPSA) is 51.5 Å². The zero-order valence-corrected chi connectivity index (χ0v) is 16.2. The van der Waals surface area contributed by atoms with Crippen LogP contribution in [0.1, 0.15) is 22.4 Å². The summed E-state index contributed by atoms with van der Waals surface area (Å²) < 4.78 is 8.10. The molecule has 5 rings (SSSR count). The number of rotatable bonds is 3. The van der Waals surface area contributed by atoms with Crippen molar-refractivity contribution in [2.24, 2.45) is 0 Å². The summed E-state index contributed by atoms with van der Waals surface area (Å²) in [6.07, 6.45) is 3.72. The third-order valence-electron chi connectivity index (χ3n) is 5.70. The fourth-order valence-corrected chi connectivity index (χ4v) is 4.47. The first-order valence-electron chi connectivity index (χ1n) is 9.78. The smallest absolute Gasteiger partial charge is 0.328 e. The van der Waals surface area contributed by atoms with Crippen LogP contribution in [0.2, 0.25) is 0 Å². The summed E-state index contributed by atoms with van der Waals surface area (Å²) in [5.41, 5.74) is 9.17. The maximum atomic E-state index is 11.2. The van der Waals surface area contributed by atoms with Gasteiger partial charge in [0.2, 0.25) is 0 Å². The predicted molar refractivity (Wildman–Crippen MR) is 115 cm³/mol. The monoisotopic (exact) mass is 383 g/mol. The van der Waals surface area contributed by atoms with Crippen molar-refractivity contribution in [2.75, 3.05) is 6.61 Å². The number of carboxylic acid groups (broad SMARTS) is 1. The van der Waals surface area contributed by atoms with Crippen LogP contribution in [0, 0.1) is 6.92 Å². The molecule has 2 aromatic rings. The molecular weight excluding hydrogens is 362 g/mol. The van der Waals surface area contributed by atoms with Gasteiger partial charge in [-0.1, -0.05) is 48.5 Å². The van der Waals surface area contributed by atoms with Crippen LogP contribution in [-0.4, -0.2) is 22.2 Å². The van der Waals surface area contributed by atoms with E-state index in [-0.39, 0.29) is 0 Å². The molecule has 29 heavy (non-hydrogen) atoms. The molecule has 0 spiro atoms. The van der Waals surface area contributed by atoms with Gasteiger partial charge in [-0.15, -0.1) is 0 Å². The molecule has 0 amide bonds. The molecule has 1 N–H and O–H groups in total. The minimum Gasteiger partial charge on any atom is -0.478 e. The summed E-state index contributed by atoms with van der Waals surface area (Å²) in [6.45, 7) is 3.41. The third-order valence-corrected chi connectivity index (χ3v) is 5.70. The van der Waals surface area contributed by atoms with E-state index in [1.54, 1.807) is 6.08 Å². The molecule has 1 aromatic heterocycles. The zero-order chi connectivity index (χ0) is 20.0. The summed E-state index contributed by atoms with van der Waals surface area (Å²) in [5, 5.41) is 10.3. The third kappa shape index (κ3) is 2.84. The molecule has 4 nitrogen and oxygen atoms in total. The maximum absolute atomic E-state index is 11.2. The average molecular weight is 383 g/mol. The number of nitrogens with zero attached hydrogens (tertiary/aromatic N) is 1. The number of hydrogen-bond donors (Lipinski definition) is 1. The second-order valence-electron chi connectivity index (χ2n) is 7.43. The molecule has 144 valence electrons. The standard InChI is InChI=1S/C25H21NO3/c1-16-14-23(19-8-4-2-3-7-18(16)19)26-22-12-13-29-15-21(22)20-9-5-6-17(25(20)26)10-11-24(27)28/h2-11,14H,12-13,15H2,1H3,(H,27,28). The van der Waals surface area contributed by atoms with E-state index in [2.05, 4.69) is 47.9 Å². The molecule has 0 unspecified atom stereocenters. The number of carboxylic acids is 1. The number of ether oxygens (including phenoxy) is 1. The quantitative estimate of drug-likeness (QED) is 0.494. The van der Waals surface area contributed by atoms with Crippen LogP contribution in [-0.2, 0) is 22.6 Å². The van der Waals surface area contributed by atoms with Crippen molar-refractivity contribution < 1.29 is 14.6 Å². The van der Waals surface area contributed by atoms with Gasteiger partial charge in [-0.2, -0.15) is 0 Å². The minimum absolute atomic E-state index is 0.580. The van der Waals surface area contributed by atoms with Crippen molar-refractivity contribution in [3.63, 3.8) is 0 Å². The van der Waals surface area contributed by atoms with Gasteiger partial charge in [0, 0.05) is 34.7 Å². The highest BCUT2D eigenvalue weighted by atomic mass is 16.5. The van der Waals surface area contributed by atoms with E-state index in [0.717, 1.165) is 28.6 Å². The van der Waals surface area contributed by atoms with E-state index in [4.69, 9.17) is 9.84 Å². The van der Waals surface area contributed by atoms with Crippen LogP contribution in [0.4, 0.5) is 0 Å². The SMILES string of the molecule is Cc1cc(-n2c3c(c4cccc(C=CC(=O)O)c42)COCC3)c2cccccc1-2. The van der Waals surface area contributed by atoms with Crippen molar-refractivity contribution in [1.29, 1.82) is 0 Å². The van der Waals surface area contributed by atoms with Gasteiger partial charge in [0.05, 0.1) is 24.4 Å². The molecule has 1 aliphatic heterocycles. The molecule has 0 saturated carbocycles. The van der Waals surface area contributed by atoms with Gasteiger partial charge >= 0.3 is 5.97 Å². The Hall–Kier alpha value is -3.37. The molecule has 0 bridgehead atoms. The predicted octanol–water partition coefficient (Wildman–Crippen LogP) is 5.21. The lowest BCUT2D eigenvalue weighted by molar-refractivity contribution is -0.131. The van der Waals surface area contributed by atoms with E-state index in [1.165, 1.54) is 34.0 Å². The minimum atomic E-state index is -0.949. The Morgan fingerprint density at radius 3 is 2.76 bits per heavy atom. The van der Waals surface area contributed by atoms with Crippen molar-refractivity contribution in [1.82, 2.24) is 4.57 Å². The summed E-state index contributed by atoms with van der Waals surface area (Å²) >= 11 is 0. The first-order chi connectivity index (χ1) is 14.1. The van der Waals surface area contributed by atoms with Crippen molar-refractivity contribution in [3.8, 4) is 16.8 Å². The van der Waals surface area contributed by atoms with Gasteiger partial charge in [-0.25, -0.2) is 4.79 Å². The summed E-state index contributed by atoms with van der Waals surface area (Å²) in [7, 11) is 0. The summed E-state index contributed by atoms with van der Waals surface area (Å²) in [4.78, 5) is 11.2. The Labute approximate surface area is 169 Å². The molecule has 2 aliphatic carbocycles. The van der Waals surface area contributed by atoms with Gasteiger partial charge in [-0.3, -0.25) is 0 Å². The number of benzene rings is 1. The lowest BCUT2D eigenvalue weighted by atomic mass is 10.1. The number of aromatic nitrogens is 1. The van der Waals surface area contributed by atoms with Crippen molar-refractivity contribution in [2.45, 2.75) is 20.0 Å². The Morgan fingerprint density at radius 1 is 1.10 bits per heavy atom. The molecule has 3 aliphatic rings. The fourth-order valence-electron chi connectivity index (χ4n) is 4.47. The van der Waals surface area contributed by atoms with E-state index in [0.29, 0.717) is 13.2 Å². The molecular formula is C25H21NO3. The van der Waals surface area contributed by atoms with Crippen LogP contribution in [0.15, 0.2) is 60.7 Å². The molecule has 2 heterocycles. The van der Waals surface area contributed by atoms with Crippen molar-refractivity contribution in [3.05, 3.63) is 83.1 Å². The van der Waals surface area contributed by atoms with Crippen LogP contribution >= 0.6 is 0 Å². The van der Waals surface area contributed by atoms with Gasteiger partial charge in [0.25, 0.3) is 0 Å². The number of para-hydroxylation sites is 1. The molecule has 0 radical (unpaired) electrons. The first kappa shape index (κ1) is 17.7. The lowest BCUT2D eigenvalue weighted by Crippen LogP contribution is -2.12. The summed E-state index contributed by atoms with van der Waals surface area (Å²) in [5.74, 6) is -0.949. The normalized spacial score (nSPS) is 14.0. The highest BCUT2D eigenvalue weighted by Crippen LogP contribution is 2.41. The van der Waals surface area contributed by atoms with E-state index >= 15 is 0 Å². The largest absolute Gasteiger partial charge is 0.478 e. The Balaban J connectivity index is 1.89. The van der Waals surface area contributed by atoms with Gasteiger partial charge in [0.15, 0.2) is 0 Å². The van der Waals surface area contributed by atoms with Gasteiger partial charge < -0.3 is 14.4 Å². The van der Waals surface area contributed by atoms with Crippen LogP contribution in [0.5, 0.6) is 0 Å². The highest BCUT2D eigenvalue weighted by molar-refractivity contribution is 5.97. The van der Waals surface area contributed by atoms with Gasteiger partial charge in [0.1, 0.15) is 0 Å². The number of carbonyl (C=O) groups is 1. The lowest BCUT2D eigenvalue weighted by Gasteiger charge is -2.17. The zero-order valence-electron chi connectivity index (χ0n) is 16.2. The number of aliphatic carboxylic acids is 1. The van der Waals surface area contributed by atoms with Gasteiger partial charge in [-0.05, 0) is 35.8 Å². The summed E-state index contributed by atoms with van der Waals surface area (Å²) in [6, 6.07) is 18.8. The fraction of sp³-hybridized carbons (Fsp3) is 0.160. The van der Waals surface area contributed by atoms with Crippen LogP contribution in [0.25, 0.3) is 33.8 Å². The Bertz CT molecular complexity index is 1250. The Kier molecular flexibility index (Phi) is 4.22. The number of hydrogen-bond acceptors (Lipinski definition) is 2. The van der Waals surface area contributed by atoms with Crippen LogP contribution in [0.3, 0.4) is 0 Å². The maximum Gasteiger partial charge on any atom is 0.328 e. The average Bonchev–Trinajstić information content (AvgIpc) is 3.08. The first-order valence-corrected chi connectivity index (χ1v) is 9.78. The van der Waals surface area contributed by atoms with E-state index < -0.39 is 5.97 Å². The molecule has 0 fully saturated rings. The number of fused-ring (bicyclic) bond motifs is 4. The van der Waals surface area contributed by atoms with Crippen LogP contribution < -0.4 is 0 Å². The molecule has 0 atom stereocenters. The Morgan fingerprint density at radius 2 is 1.93 bits per heavy atom. The second kappa shape index (κ2) is 6.90. The highest BCUT2D eigenvalue weighted by Gasteiger charge is 2.25. The second-order valence-corrected chi connectivity index (χ2v) is 7.43. The molecule has 1 aromatic carbocycles. The van der Waals surface area contributed by atoms with E-state index in [1.807, 2.05) is 18.2 Å². The van der Waals surface area contributed by atoms with E-state index in [9.17, 15) is 4.79 Å². The van der Waals surface area contributed by atoms with Crippen molar-refractivity contribution >= 4 is 22.9 Å². The molecule has 0 saturated heterocycles.